The minimum atomic E-state index is -0.846. The summed E-state index contributed by atoms with van der Waals surface area (Å²) in [5.41, 5.74) is 0.488. The van der Waals surface area contributed by atoms with Gasteiger partial charge in [-0.2, -0.15) is 5.26 Å². The van der Waals surface area contributed by atoms with Crippen LogP contribution in [0.5, 0.6) is 0 Å². The van der Waals surface area contributed by atoms with Gasteiger partial charge in [0.15, 0.2) is 0 Å². The first-order valence-electron chi connectivity index (χ1n) is 7.33. The van der Waals surface area contributed by atoms with Crippen molar-refractivity contribution in [3.8, 4) is 6.07 Å². The van der Waals surface area contributed by atoms with E-state index in [0.717, 1.165) is 10.8 Å². The van der Waals surface area contributed by atoms with Gasteiger partial charge >= 0.3 is 5.97 Å². The average Bonchev–Trinajstić information content (AvgIpc) is 2.59. The van der Waals surface area contributed by atoms with Gasteiger partial charge in [-0.15, -0.1) is 0 Å². The molecule has 0 heterocycles. The predicted molar refractivity (Wildman–Crippen MR) is 86.6 cm³/mol. The van der Waals surface area contributed by atoms with Crippen LogP contribution in [0.15, 0.2) is 42.5 Å². The standard InChI is InChI=1S/C18H18N2O3/c1-12(11-19)10-16(18(22)23-2)20-17(21)15-9-5-7-13-6-3-4-8-14(13)15/h3-9,12,16H,10H2,1-2H3,(H,20,21)/t12-,16+/m1/s1. The van der Waals surface area contributed by atoms with Crippen molar-refractivity contribution < 1.29 is 14.3 Å². The molecule has 5 nitrogen and oxygen atoms in total. The van der Waals surface area contributed by atoms with Crippen molar-refractivity contribution in [1.82, 2.24) is 5.32 Å². The van der Waals surface area contributed by atoms with Crippen LogP contribution in [-0.2, 0) is 9.53 Å². The summed E-state index contributed by atoms with van der Waals surface area (Å²) < 4.78 is 4.72. The number of benzene rings is 2. The van der Waals surface area contributed by atoms with E-state index >= 15 is 0 Å². The zero-order chi connectivity index (χ0) is 16.8. The Hall–Kier alpha value is -2.87. The number of nitriles is 1. The zero-order valence-corrected chi connectivity index (χ0v) is 13.1. The molecule has 1 N–H and O–H groups in total. The molecule has 1 amide bonds. The molecule has 0 saturated heterocycles. The highest BCUT2D eigenvalue weighted by Crippen LogP contribution is 2.19. The number of hydrogen-bond donors (Lipinski definition) is 1. The third-order valence-corrected chi connectivity index (χ3v) is 3.63. The topological polar surface area (TPSA) is 79.2 Å². The number of methoxy groups -OCH3 is 1. The molecule has 23 heavy (non-hydrogen) atoms. The number of nitrogens with zero attached hydrogens (tertiary/aromatic N) is 1. The first-order chi connectivity index (χ1) is 11.1. The van der Waals surface area contributed by atoms with Gasteiger partial charge in [-0.05, 0) is 30.2 Å². The normalized spacial score (nSPS) is 12.9. The first-order valence-corrected chi connectivity index (χ1v) is 7.33. The molecule has 2 aromatic carbocycles. The third kappa shape index (κ3) is 3.86. The number of nitrogens with one attached hydrogen (secondary N) is 1. The SMILES string of the molecule is COC(=O)[C@H](C[C@@H](C)C#N)NC(=O)c1cccc2ccccc12. The lowest BCUT2D eigenvalue weighted by Crippen LogP contribution is -2.42. The minimum absolute atomic E-state index is 0.208. The van der Waals surface area contributed by atoms with E-state index < -0.39 is 12.0 Å². The lowest BCUT2D eigenvalue weighted by Gasteiger charge is -2.18. The fraction of sp³-hybridized carbons (Fsp3) is 0.278. The van der Waals surface area contributed by atoms with Crippen molar-refractivity contribution in [3.05, 3.63) is 48.0 Å². The Morgan fingerprint density at radius 2 is 1.91 bits per heavy atom. The Balaban J connectivity index is 2.27. The van der Waals surface area contributed by atoms with Gasteiger partial charge in [0.05, 0.1) is 13.2 Å². The monoisotopic (exact) mass is 310 g/mol. The van der Waals surface area contributed by atoms with Crippen LogP contribution >= 0.6 is 0 Å². The summed E-state index contributed by atoms with van der Waals surface area (Å²) in [5, 5.41) is 13.3. The van der Waals surface area contributed by atoms with Crippen molar-refractivity contribution in [2.45, 2.75) is 19.4 Å². The van der Waals surface area contributed by atoms with Crippen LogP contribution < -0.4 is 5.32 Å². The number of carbonyl (C=O) groups excluding carboxylic acids is 2. The van der Waals surface area contributed by atoms with Gasteiger partial charge in [-0.1, -0.05) is 36.4 Å². The molecule has 118 valence electrons. The lowest BCUT2D eigenvalue weighted by atomic mass is 10.0. The molecule has 0 radical (unpaired) electrons. The van der Waals surface area contributed by atoms with E-state index in [1.54, 1.807) is 19.1 Å². The van der Waals surface area contributed by atoms with E-state index in [2.05, 4.69) is 11.4 Å². The lowest BCUT2D eigenvalue weighted by molar-refractivity contribution is -0.143. The van der Waals surface area contributed by atoms with Gasteiger partial charge in [-0.3, -0.25) is 4.79 Å². The van der Waals surface area contributed by atoms with E-state index in [1.807, 2.05) is 30.3 Å². The number of amides is 1. The van der Waals surface area contributed by atoms with E-state index in [9.17, 15) is 9.59 Å². The van der Waals surface area contributed by atoms with Gasteiger partial charge in [0.1, 0.15) is 6.04 Å². The first kappa shape index (κ1) is 16.5. The molecule has 0 aromatic heterocycles. The molecule has 2 aromatic rings. The maximum absolute atomic E-state index is 12.6. The van der Waals surface area contributed by atoms with Gasteiger partial charge < -0.3 is 10.1 Å². The second kappa shape index (κ2) is 7.41. The highest BCUT2D eigenvalue weighted by atomic mass is 16.5. The molecule has 0 unspecified atom stereocenters. The van der Waals surface area contributed by atoms with Gasteiger partial charge in [0.25, 0.3) is 5.91 Å². The van der Waals surface area contributed by atoms with Gasteiger partial charge in [0.2, 0.25) is 0 Å². The van der Waals surface area contributed by atoms with Crippen molar-refractivity contribution in [2.75, 3.05) is 7.11 Å². The Kier molecular flexibility index (Phi) is 5.32. The molecule has 2 atom stereocenters. The molecule has 0 spiro atoms. The predicted octanol–water partition coefficient (Wildman–Crippen LogP) is 2.66. The van der Waals surface area contributed by atoms with E-state index in [-0.39, 0.29) is 18.2 Å². The van der Waals surface area contributed by atoms with Crippen LogP contribution in [0, 0.1) is 17.2 Å². The molecule has 0 saturated carbocycles. The Labute approximate surface area is 134 Å². The summed E-state index contributed by atoms with van der Waals surface area (Å²) >= 11 is 0. The molecule has 2 rings (SSSR count). The number of ether oxygens (including phenoxy) is 1. The molecule has 0 bridgehead atoms. The summed E-state index contributed by atoms with van der Waals surface area (Å²) in [4.78, 5) is 24.4. The molecule has 0 fully saturated rings. The maximum Gasteiger partial charge on any atom is 0.328 e. The second-order valence-electron chi connectivity index (χ2n) is 5.34. The summed E-state index contributed by atoms with van der Waals surface area (Å²) in [6, 6.07) is 14.2. The second-order valence-corrected chi connectivity index (χ2v) is 5.34. The largest absolute Gasteiger partial charge is 0.467 e. The number of carbonyl (C=O) groups is 2. The van der Waals surface area contributed by atoms with Crippen LogP contribution in [0.2, 0.25) is 0 Å². The van der Waals surface area contributed by atoms with Gasteiger partial charge in [-0.25, -0.2) is 4.79 Å². The van der Waals surface area contributed by atoms with Crippen molar-refractivity contribution in [2.24, 2.45) is 5.92 Å². The fourth-order valence-corrected chi connectivity index (χ4v) is 2.42. The van der Waals surface area contributed by atoms with E-state index in [0.29, 0.717) is 5.56 Å². The van der Waals surface area contributed by atoms with Crippen LogP contribution in [0.4, 0.5) is 0 Å². The number of rotatable bonds is 5. The van der Waals surface area contributed by atoms with Crippen molar-refractivity contribution in [3.63, 3.8) is 0 Å². The summed E-state index contributed by atoms with van der Waals surface area (Å²) in [7, 11) is 1.26. The molecule has 0 aliphatic heterocycles. The number of fused-ring (bicyclic) bond motifs is 1. The highest BCUT2D eigenvalue weighted by molar-refractivity contribution is 6.07. The Morgan fingerprint density at radius 1 is 1.22 bits per heavy atom. The van der Waals surface area contributed by atoms with Crippen LogP contribution in [0.1, 0.15) is 23.7 Å². The third-order valence-electron chi connectivity index (χ3n) is 3.63. The summed E-state index contributed by atoms with van der Waals surface area (Å²) in [5.74, 6) is -1.28. The van der Waals surface area contributed by atoms with Gasteiger partial charge in [0, 0.05) is 11.5 Å². The molecular weight excluding hydrogens is 292 g/mol. The highest BCUT2D eigenvalue weighted by Gasteiger charge is 2.24. The van der Waals surface area contributed by atoms with Crippen molar-refractivity contribution in [1.29, 1.82) is 5.26 Å². The summed E-state index contributed by atoms with van der Waals surface area (Å²) in [6.07, 6.45) is 0.208. The smallest absolute Gasteiger partial charge is 0.328 e. The zero-order valence-electron chi connectivity index (χ0n) is 13.1. The Bertz CT molecular complexity index is 759. The quantitative estimate of drug-likeness (QED) is 0.861. The molecular formula is C18H18N2O3. The van der Waals surface area contributed by atoms with E-state index in [1.165, 1.54) is 7.11 Å². The molecule has 0 aliphatic carbocycles. The summed E-state index contributed by atoms with van der Waals surface area (Å²) in [6.45, 7) is 1.69. The molecule has 5 heteroatoms. The Morgan fingerprint density at radius 3 is 2.61 bits per heavy atom. The van der Waals surface area contributed by atoms with E-state index in [4.69, 9.17) is 10.00 Å². The number of esters is 1. The fourth-order valence-electron chi connectivity index (χ4n) is 2.42. The van der Waals surface area contributed by atoms with Crippen LogP contribution in [-0.4, -0.2) is 25.0 Å². The van der Waals surface area contributed by atoms with Crippen LogP contribution in [0.25, 0.3) is 10.8 Å². The minimum Gasteiger partial charge on any atom is -0.467 e. The maximum atomic E-state index is 12.6. The van der Waals surface area contributed by atoms with Crippen molar-refractivity contribution >= 4 is 22.6 Å². The van der Waals surface area contributed by atoms with Crippen LogP contribution in [0.3, 0.4) is 0 Å². The average molecular weight is 310 g/mol. The molecule has 0 aliphatic rings. The number of hydrogen-bond acceptors (Lipinski definition) is 4.